The minimum absolute atomic E-state index is 0.250. The second-order valence-electron chi connectivity index (χ2n) is 6.20. The molecular weight excluding hydrogens is 246 g/mol. The van der Waals surface area contributed by atoms with E-state index in [1.165, 1.54) is 12.8 Å². The van der Waals surface area contributed by atoms with Crippen LogP contribution in [-0.2, 0) is 5.54 Å². The Balaban J connectivity index is 2.35. The molecule has 18 heavy (non-hydrogen) atoms. The molecule has 1 saturated carbocycles. The summed E-state index contributed by atoms with van der Waals surface area (Å²) in [6, 6.07) is 5.90. The quantitative estimate of drug-likeness (QED) is 0.875. The third kappa shape index (κ3) is 2.65. The van der Waals surface area contributed by atoms with Crippen molar-refractivity contribution in [3.8, 4) is 5.75 Å². The third-order valence-corrected chi connectivity index (χ3v) is 4.31. The SMILES string of the molecule is COc1cc(C2(N)CCCC(C)(C)C2)ccc1Cl. The molecule has 1 atom stereocenters. The highest BCUT2D eigenvalue weighted by Crippen LogP contribution is 2.45. The van der Waals surface area contributed by atoms with E-state index in [4.69, 9.17) is 22.1 Å². The van der Waals surface area contributed by atoms with Gasteiger partial charge in [-0.1, -0.05) is 37.9 Å². The van der Waals surface area contributed by atoms with Crippen molar-refractivity contribution < 1.29 is 4.74 Å². The third-order valence-electron chi connectivity index (χ3n) is 4.00. The standard InChI is InChI=1S/C15H22ClNO/c1-14(2)7-4-8-15(17,10-14)11-5-6-12(16)13(9-11)18-3/h5-6,9H,4,7-8,10,17H2,1-3H3. The number of methoxy groups -OCH3 is 1. The fraction of sp³-hybridized carbons (Fsp3) is 0.600. The highest BCUT2D eigenvalue weighted by molar-refractivity contribution is 6.32. The van der Waals surface area contributed by atoms with Crippen LogP contribution in [0.25, 0.3) is 0 Å². The molecule has 0 saturated heterocycles. The van der Waals surface area contributed by atoms with Gasteiger partial charge in [0.05, 0.1) is 12.1 Å². The Morgan fingerprint density at radius 1 is 1.28 bits per heavy atom. The zero-order chi connectivity index (χ0) is 13.4. The molecule has 100 valence electrons. The summed E-state index contributed by atoms with van der Waals surface area (Å²) in [7, 11) is 1.64. The Labute approximate surface area is 114 Å². The highest BCUT2D eigenvalue weighted by Gasteiger charge is 2.38. The van der Waals surface area contributed by atoms with E-state index in [9.17, 15) is 0 Å². The fourth-order valence-electron chi connectivity index (χ4n) is 3.13. The van der Waals surface area contributed by atoms with Crippen molar-refractivity contribution in [2.24, 2.45) is 11.1 Å². The van der Waals surface area contributed by atoms with Gasteiger partial charge in [0.15, 0.2) is 0 Å². The number of hydrogen-bond donors (Lipinski definition) is 1. The summed E-state index contributed by atoms with van der Waals surface area (Å²) < 4.78 is 5.29. The first kappa shape index (κ1) is 13.7. The number of rotatable bonds is 2. The molecule has 1 aliphatic rings. The van der Waals surface area contributed by atoms with Gasteiger partial charge in [-0.25, -0.2) is 0 Å². The number of hydrogen-bond acceptors (Lipinski definition) is 2. The van der Waals surface area contributed by atoms with Crippen LogP contribution in [0.3, 0.4) is 0 Å². The van der Waals surface area contributed by atoms with Crippen molar-refractivity contribution in [2.45, 2.75) is 45.1 Å². The summed E-state index contributed by atoms with van der Waals surface area (Å²) >= 11 is 6.07. The van der Waals surface area contributed by atoms with Crippen LogP contribution >= 0.6 is 11.6 Å². The zero-order valence-electron chi connectivity index (χ0n) is 11.4. The predicted octanol–water partition coefficient (Wildman–Crippen LogP) is 4.10. The van der Waals surface area contributed by atoms with Gasteiger partial charge in [-0.05, 0) is 42.4 Å². The fourth-order valence-corrected chi connectivity index (χ4v) is 3.32. The molecule has 1 aromatic carbocycles. The van der Waals surface area contributed by atoms with Crippen LogP contribution < -0.4 is 10.5 Å². The predicted molar refractivity (Wildman–Crippen MR) is 76.1 cm³/mol. The van der Waals surface area contributed by atoms with Gasteiger partial charge >= 0.3 is 0 Å². The van der Waals surface area contributed by atoms with E-state index >= 15 is 0 Å². The first-order valence-corrected chi connectivity index (χ1v) is 6.87. The Hall–Kier alpha value is -0.730. The summed E-state index contributed by atoms with van der Waals surface area (Å²) in [6.07, 6.45) is 4.46. The molecule has 0 radical (unpaired) electrons. The maximum Gasteiger partial charge on any atom is 0.137 e. The molecule has 0 aromatic heterocycles. The van der Waals surface area contributed by atoms with Crippen LogP contribution in [0.4, 0.5) is 0 Å². The van der Waals surface area contributed by atoms with E-state index in [0.29, 0.717) is 16.2 Å². The van der Waals surface area contributed by atoms with Crippen LogP contribution in [0.1, 0.15) is 45.1 Å². The minimum atomic E-state index is -0.250. The Morgan fingerprint density at radius 2 is 2.00 bits per heavy atom. The molecule has 1 aliphatic carbocycles. The normalized spacial score (nSPS) is 26.9. The maximum absolute atomic E-state index is 6.63. The molecule has 0 aliphatic heterocycles. The average molecular weight is 268 g/mol. The summed E-state index contributed by atoms with van der Waals surface area (Å²) in [5.41, 5.74) is 7.82. The van der Waals surface area contributed by atoms with Gasteiger partial charge in [0.1, 0.15) is 5.75 Å². The van der Waals surface area contributed by atoms with Gasteiger partial charge in [-0.15, -0.1) is 0 Å². The van der Waals surface area contributed by atoms with Gasteiger partial charge in [0, 0.05) is 5.54 Å². The smallest absolute Gasteiger partial charge is 0.137 e. The van der Waals surface area contributed by atoms with Gasteiger partial charge in [-0.2, -0.15) is 0 Å². The van der Waals surface area contributed by atoms with Crippen LogP contribution in [0.5, 0.6) is 5.75 Å². The van der Waals surface area contributed by atoms with E-state index < -0.39 is 0 Å². The topological polar surface area (TPSA) is 35.2 Å². The largest absolute Gasteiger partial charge is 0.495 e. The summed E-state index contributed by atoms with van der Waals surface area (Å²) in [4.78, 5) is 0. The van der Waals surface area contributed by atoms with Crippen molar-refractivity contribution in [1.82, 2.24) is 0 Å². The van der Waals surface area contributed by atoms with E-state index in [0.717, 1.165) is 18.4 Å². The van der Waals surface area contributed by atoms with Gasteiger partial charge in [0.2, 0.25) is 0 Å². The molecular formula is C15H22ClNO. The second kappa shape index (κ2) is 4.75. The number of benzene rings is 1. The lowest BCUT2D eigenvalue weighted by Gasteiger charge is -2.43. The lowest BCUT2D eigenvalue weighted by Crippen LogP contribution is -2.44. The van der Waals surface area contributed by atoms with Crippen LogP contribution in [-0.4, -0.2) is 7.11 Å². The maximum atomic E-state index is 6.63. The van der Waals surface area contributed by atoms with Gasteiger partial charge < -0.3 is 10.5 Å². The molecule has 0 heterocycles. The van der Waals surface area contributed by atoms with Gasteiger partial charge in [-0.3, -0.25) is 0 Å². The number of ether oxygens (including phenoxy) is 1. The Bertz CT molecular complexity index is 444. The second-order valence-corrected chi connectivity index (χ2v) is 6.61. The summed E-state index contributed by atoms with van der Waals surface area (Å²) in [6.45, 7) is 4.59. The summed E-state index contributed by atoms with van der Waals surface area (Å²) in [5, 5.41) is 0.639. The van der Waals surface area contributed by atoms with Crippen LogP contribution in [0, 0.1) is 5.41 Å². The molecule has 0 bridgehead atoms. The molecule has 2 rings (SSSR count). The van der Waals surface area contributed by atoms with Crippen molar-refractivity contribution in [1.29, 1.82) is 0 Å². The molecule has 1 unspecified atom stereocenters. The molecule has 1 aromatic rings. The van der Waals surface area contributed by atoms with E-state index in [1.807, 2.05) is 18.2 Å². The Kier molecular flexibility index (Phi) is 3.61. The zero-order valence-corrected chi connectivity index (χ0v) is 12.2. The van der Waals surface area contributed by atoms with Crippen molar-refractivity contribution in [2.75, 3.05) is 7.11 Å². The minimum Gasteiger partial charge on any atom is -0.495 e. The van der Waals surface area contributed by atoms with E-state index in [-0.39, 0.29) is 5.54 Å². The molecule has 0 spiro atoms. The van der Waals surface area contributed by atoms with Crippen molar-refractivity contribution >= 4 is 11.6 Å². The first-order valence-electron chi connectivity index (χ1n) is 6.49. The monoisotopic (exact) mass is 267 g/mol. The van der Waals surface area contributed by atoms with Crippen LogP contribution in [0.15, 0.2) is 18.2 Å². The number of halogens is 1. The first-order chi connectivity index (χ1) is 8.36. The van der Waals surface area contributed by atoms with Crippen molar-refractivity contribution in [3.63, 3.8) is 0 Å². The summed E-state index contributed by atoms with van der Waals surface area (Å²) in [5.74, 6) is 0.711. The molecule has 2 nitrogen and oxygen atoms in total. The Morgan fingerprint density at radius 3 is 2.61 bits per heavy atom. The molecule has 3 heteroatoms. The lowest BCUT2D eigenvalue weighted by atomic mass is 9.66. The van der Waals surface area contributed by atoms with Crippen LogP contribution in [0.2, 0.25) is 5.02 Å². The molecule has 2 N–H and O–H groups in total. The van der Waals surface area contributed by atoms with E-state index in [1.54, 1.807) is 7.11 Å². The van der Waals surface area contributed by atoms with Crippen molar-refractivity contribution in [3.05, 3.63) is 28.8 Å². The highest BCUT2D eigenvalue weighted by atomic mass is 35.5. The molecule has 0 amide bonds. The number of nitrogens with two attached hydrogens (primary N) is 1. The van der Waals surface area contributed by atoms with E-state index in [2.05, 4.69) is 13.8 Å². The van der Waals surface area contributed by atoms with Gasteiger partial charge in [0.25, 0.3) is 0 Å². The average Bonchev–Trinajstić information content (AvgIpc) is 2.27. The molecule has 1 fully saturated rings. The lowest BCUT2D eigenvalue weighted by molar-refractivity contribution is 0.151.